The Hall–Kier alpha value is -3.63. The minimum absolute atomic E-state index is 0.0229. The smallest absolute Gasteiger partial charge is 0.416 e. The molecule has 0 unspecified atom stereocenters. The predicted octanol–water partition coefficient (Wildman–Crippen LogP) is 4.04. The molecule has 0 atom stereocenters. The summed E-state index contributed by atoms with van der Waals surface area (Å²) in [5, 5.41) is 14.8. The first-order valence-corrected chi connectivity index (χ1v) is 8.26. The Bertz CT molecular complexity index is 1060. The van der Waals surface area contributed by atoms with Gasteiger partial charge < -0.3 is 14.1 Å². The molecule has 152 valence electrons. The van der Waals surface area contributed by atoms with E-state index in [1.54, 1.807) is 4.57 Å². The normalized spacial score (nSPS) is 12.2. The van der Waals surface area contributed by atoms with Crippen molar-refractivity contribution in [2.24, 2.45) is 5.16 Å². The molecule has 8 nitrogen and oxygen atoms in total. The number of imidazole rings is 1. The van der Waals surface area contributed by atoms with E-state index in [-0.39, 0.29) is 24.6 Å². The minimum atomic E-state index is -4.48. The van der Waals surface area contributed by atoms with Crippen LogP contribution in [0.1, 0.15) is 5.56 Å². The number of nitro benzene ring substituents is 1. The van der Waals surface area contributed by atoms with E-state index in [0.29, 0.717) is 16.7 Å². The highest BCUT2D eigenvalue weighted by atomic mass is 19.4. The Morgan fingerprint density at radius 2 is 2.07 bits per heavy atom. The third-order valence-corrected chi connectivity index (χ3v) is 3.96. The summed E-state index contributed by atoms with van der Waals surface area (Å²) in [7, 11) is 1.32. The molecule has 0 bridgehead atoms. The quantitative estimate of drug-likeness (QED) is 0.334. The number of fused-ring (bicyclic) bond motifs is 1. The number of alkyl halides is 3. The van der Waals surface area contributed by atoms with Gasteiger partial charge in [0.2, 0.25) is 0 Å². The summed E-state index contributed by atoms with van der Waals surface area (Å²) < 4.78 is 45.5. The number of ether oxygens (including phenoxy) is 1. The van der Waals surface area contributed by atoms with Gasteiger partial charge in [-0.05, 0) is 24.3 Å². The monoisotopic (exact) mass is 408 g/mol. The fraction of sp³-hybridized carbons (Fsp3) is 0.222. The van der Waals surface area contributed by atoms with Crippen LogP contribution in [0.5, 0.6) is 5.75 Å². The van der Waals surface area contributed by atoms with E-state index in [4.69, 9.17) is 9.57 Å². The van der Waals surface area contributed by atoms with Crippen LogP contribution in [0.25, 0.3) is 11.0 Å². The Labute approximate surface area is 162 Å². The van der Waals surface area contributed by atoms with E-state index >= 15 is 0 Å². The van der Waals surface area contributed by atoms with Crippen molar-refractivity contribution < 1.29 is 27.7 Å². The number of nitro groups is 1. The molecule has 29 heavy (non-hydrogen) atoms. The van der Waals surface area contributed by atoms with Gasteiger partial charge in [-0.25, -0.2) is 4.98 Å². The lowest BCUT2D eigenvalue weighted by molar-refractivity contribution is -0.384. The average Bonchev–Trinajstić information content (AvgIpc) is 3.08. The standard InChI is InChI=1S/C18H15F3N4O4/c1-28-23-13(10-29-15-4-2-3-12(7-15)18(19,20)21)9-24-11-22-16-6-5-14(25(26)27)8-17(16)24/h2-8,11H,9-10H2,1H3. The van der Waals surface area contributed by atoms with Gasteiger partial charge in [-0.2, -0.15) is 13.2 Å². The van der Waals surface area contributed by atoms with Crippen LogP contribution in [-0.4, -0.2) is 33.9 Å². The van der Waals surface area contributed by atoms with Crippen LogP contribution >= 0.6 is 0 Å². The molecule has 0 saturated heterocycles. The summed E-state index contributed by atoms with van der Waals surface area (Å²) in [6.07, 6.45) is -3.00. The summed E-state index contributed by atoms with van der Waals surface area (Å²) in [6, 6.07) is 8.72. The highest BCUT2D eigenvalue weighted by Gasteiger charge is 2.30. The fourth-order valence-electron chi connectivity index (χ4n) is 2.64. The first-order chi connectivity index (χ1) is 13.8. The van der Waals surface area contributed by atoms with Crippen molar-refractivity contribution in [3.63, 3.8) is 0 Å². The molecule has 1 aromatic heterocycles. The molecule has 0 fully saturated rings. The van der Waals surface area contributed by atoms with E-state index in [1.807, 2.05) is 0 Å². The number of aromatic nitrogens is 2. The molecule has 1 heterocycles. The van der Waals surface area contributed by atoms with Crippen molar-refractivity contribution in [2.45, 2.75) is 12.7 Å². The molecule has 0 spiro atoms. The SMILES string of the molecule is CON=C(COc1cccc(C(F)(F)F)c1)Cn1cnc2ccc([N+](=O)[O-])cc21. The Kier molecular flexibility index (Phi) is 5.66. The maximum atomic E-state index is 12.8. The number of non-ortho nitro benzene ring substituents is 1. The van der Waals surface area contributed by atoms with E-state index in [0.717, 1.165) is 12.1 Å². The Balaban J connectivity index is 1.78. The molecule has 3 rings (SSSR count). The number of oxime groups is 1. The third-order valence-electron chi connectivity index (χ3n) is 3.96. The van der Waals surface area contributed by atoms with Crippen molar-refractivity contribution in [1.29, 1.82) is 0 Å². The zero-order chi connectivity index (χ0) is 21.0. The Morgan fingerprint density at radius 1 is 1.28 bits per heavy atom. The van der Waals surface area contributed by atoms with Gasteiger partial charge in [0, 0.05) is 12.1 Å². The molecule has 0 N–H and O–H groups in total. The topological polar surface area (TPSA) is 91.8 Å². The lowest BCUT2D eigenvalue weighted by Crippen LogP contribution is -2.18. The number of rotatable bonds is 7. The van der Waals surface area contributed by atoms with Gasteiger partial charge >= 0.3 is 6.18 Å². The Morgan fingerprint density at radius 3 is 2.76 bits per heavy atom. The summed E-state index contributed by atoms with van der Waals surface area (Å²) in [5.74, 6) is 0.0229. The first-order valence-electron chi connectivity index (χ1n) is 8.26. The molecule has 0 aliphatic carbocycles. The molecule has 0 saturated carbocycles. The van der Waals surface area contributed by atoms with Gasteiger partial charge in [-0.3, -0.25) is 10.1 Å². The van der Waals surface area contributed by atoms with Crippen LogP contribution in [0.2, 0.25) is 0 Å². The molecule has 0 amide bonds. The highest BCUT2D eigenvalue weighted by Crippen LogP contribution is 2.31. The third kappa shape index (κ3) is 4.81. The van der Waals surface area contributed by atoms with E-state index in [9.17, 15) is 23.3 Å². The number of benzene rings is 2. The van der Waals surface area contributed by atoms with Gasteiger partial charge in [0.15, 0.2) is 0 Å². The zero-order valence-electron chi connectivity index (χ0n) is 15.1. The van der Waals surface area contributed by atoms with Crippen molar-refractivity contribution in [1.82, 2.24) is 9.55 Å². The summed E-state index contributed by atoms with van der Waals surface area (Å²) in [4.78, 5) is 19.4. The van der Waals surface area contributed by atoms with E-state index < -0.39 is 16.7 Å². The lowest BCUT2D eigenvalue weighted by atomic mass is 10.2. The van der Waals surface area contributed by atoms with Crippen molar-refractivity contribution in [2.75, 3.05) is 13.7 Å². The number of halogens is 3. The number of hydrogen-bond donors (Lipinski definition) is 0. The highest BCUT2D eigenvalue weighted by molar-refractivity contribution is 5.87. The van der Waals surface area contributed by atoms with Crippen molar-refractivity contribution in [3.05, 3.63) is 64.5 Å². The summed E-state index contributed by atoms with van der Waals surface area (Å²) >= 11 is 0. The zero-order valence-corrected chi connectivity index (χ0v) is 15.1. The van der Waals surface area contributed by atoms with Crippen molar-refractivity contribution in [3.8, 4) is 5.75 Å². The molecule has 0 aliphatic rings. The summed E-state index contributed by atoms with van der Waals surface area (Å²) in [6.45, 7) is -0.0335. The second-order valence-corrected chi connectivity index (χ2v) is 5.96. The molecule has 11 heteroatoms. The van der Waals surface area contributed by atoms with Crippen LogP contribution in [0, 0.1) is 10.1 Å². The van der Waals surface area contributed by atoms with Crippen molar-refractivity contribution >= 4 is 22.4 Å². The van der Waals surface area contributed by atoms with Crippen LogP contribution in [0.3, 0.4) is 0 Å². The van der Waals surface area contributed by atoms with E-state index in [1.165, 1.54) is 43.8 Å². The molecule has 3 aromatic rings. The maximum Gasteiger partial charge on any atom is 0.416 e. The second kappa shape index (κ2) is 8.17. The van der Waals surface area contributed by atoms with E-state index in [2.05, 4.69) is 10.1 Å². The van der Waals surface area contributed by atoms with Gasteiger partial charge in [-0.15, -0.1) is 0 Å². The van der Waals surface area contributed by atoms with Gasteiger partial charge in [-0.1, -0.05) is 11.2 Å². The van der Waals surface area contributed by atoms with Crippen LogP contribution in [-0.2, 0) is 17.6 Å². The predicted molar refractivity (Wildman–Crippen MR) is 97.8 cm³/mol. The molecular formula is C18H15F3N4O4. The fourth-order valence-corrected chi connectivity index (χ4v) is 2.64. The van der Waals surface area contributed by atoms with Crippen LogP contribution < -0.4 is 4.74 Å². The number of hydrogen-bond acceptors (Lipinski definition) is 6. The largest absolute Gasteiger partial charge is 0.487 e. The second-order valence-electron chi connectivity index (χ2n) is 5.96. The minimum Gasteiger partial charge on any atom is -0.487 e. The van der Waals surface area contributed by atoms with Crippen LogP contribution in [0.15, 0.2) is 53.9 Å². The molecule has 2 aromatic carbocycles. The maximum absolute atomic E-state index is 12.8. The average molecular weight is 408 g/mol. The van der Waals surface area contributed by atoms with Gasteiger partial charge in [0.1, 0.15) is 25.2 Å². The molecular weight excluding hydrogens is 393 g/mol. The van der Waals surface area contributed by atoms with Gasteiger partial charge in [0.05, 0.1) is 34.4 Å². The van der Waals surface area contributed by atoms with Crippen LogP contribution in [0.4, 0.5) is 18.9 Å². The molecule has 0 aliphatic heterocycles. The molecule has 0 radical (unpaired) electrons. The van der Waals surface area contributed by atoms with Gasteiger partial charge in [0.25, 0.3) is 5.69 Å². The number of nitrogens with zero attached hydrogens (tertiary/aromatic N) is 4. The lowest BCUT2D eigenvalue weighted by Gasteiger charge is -2.12. The first kappa shape index (κ1) is 20.1. The summed E-state index contributed by atoms with van der Waals surface area (Å²) in [5.41, 5.74) is 0.474.